The zero-order chi connectivity index (χ0) is 12.5. The first kappa shape index (κ1) is 12.7. The molecule has 3 heteroatoms. The normalized spacial score (nSPS) is 19.4. The number of piperidine rings is 1. The molecule has 2 nitrogen and oxygen atoms in total. The molecule has 0 aliphatic carbocycles. The number of hydrogen-bond donors (Lipinski definition) is 1. The second kappa shape index (κ2) is 4.87. The van der Waals surface area contributed by atoms with Gasteiger partial charge in [0.1, 0.15) is 0 Å². The van der Waals surface area contributed by atoms with E-state index < -0.39 is 0 Å². The van der Waals surface area contributed by atoms with Gasteiger partial charge in [-0.15, -0.1) is 0 Å². The summed E-state index contributed by atoms with van der Waals surface area (Å²) in [6.45, 7) is 7.43. The van der Waals surface area contributed by atoms with Crippen molar-refractivity contribution in [1.29, 1.82) is 0 Å². The van der Waals surface area contributed by atoms with Crippen LogP contribution < -0.4 is 10.6 Å². The SMILES string of the molecule is CC1(C)CCCN(c2ccc(Cl)cc2CN)C1. The summed E-state index contributed by atoms with van der Waals surface area (Å²) in [5, 5.41) is 0.769. The Hall–Kier alpha value is -0.730. The summed E-state index contributed by atoms with van der Waals surface area (Å²) in [5.74, 6) is 0. The highest BCUT2D eigenvalue weighted by Gasteiger charge is 2.27. The lowest BCUT2D eigenvalue weighted by molar-refractivity contribution is 0.293. The van der Waals surface area contributed by atoms with Crippen molar-refractivity contribution in [3.8, 4) is 0 Å². The molecule has 1 aromatic rings. The highest BCUT2D eigenvalue weighted by Crippen LogP contribution is 2.33. The fourth-order valence-electron chi connectivity index (χ4n) is 2.65. The molecule has 0 unspecified atom stereocenters. The second-order valence-corrected chi connectivity index (χ2v) is 6.10. The van der Waals surface area contributed by atoms with Gasteiger partial charge in [-0.25, -0.2) is 0 Å². The van der Waals surface area contributed by atoms with E-state index in [1.165, 1.54) is 18.5 Å². The highest BCUT2D eigenvalue weighted by molar-refractivity contribution is 6.30. The minimum absolute atomic E-state index is 0.393. The summed E-state index contributed by atoms with van der Waals surface area (Å²) >= 11 is 6.02. The molecule has 0 radical (unpaired) electrons. The molecule has 1 aromatic carbocycles. The van der Waals surface area contributed by atoms with Gasteiger partial charge >= 0.3 is 0 Å². The molecule has 2 rings (SSSR count). The van der Waals surface area contributed by atoms with Crippen molar-refractivity contribution in [1.82, 2.24) is 0 Å². The van der Waals surface area contributed by atoms with E-state index in [2.05, 4.69) is 24.8 Å². The molecule has 0 spiro atoms. The van der Waals surface area contributed by atoms with Crippen molar-refractivity contribution in [2.75, 3.05) is 18.0 Å². The van der Waals surface area contributed by atoms with E-state index in [-0.39, 0.29) is 0 Å². The topological polar surface area (TPSA) is 29.3 Å². The van der Waals surface area contributed by atoms with Crippen LogP contribution in [0.2, 0.25) is 5.02 Å². The van der Waals surface area contributed by atoms with E-state index in [0.29, 0.717) is 12.0 Å². The van der Waals surface area contributed by atoms with Crippen LogP contribution in [0.25, 0.3) is 0 Å². The predicted molar refractivity (Wildman–Crippen MR) is 74.6 cm³/mol. The van der Waals surface area contributed by atoms with Crippen LogP contribution in [0, 0.1) is 5.41 Å². The van der Waals surface area contributed by atoms with Crippen LogP contribution in [-0.4, -0.2) is 13.1 Å². The minimum atomic E-state index is 0.393. The molecule has 2 N–H and O–H groups in total. The molecule has 0 amide bonds. The van der Waals surface area contributed by atoms with Crippen molar-refractivity contribution >= 4 is 17.3 Å². The molecular weight excluding hydrogens is 232 g/mol. The molecular formula is C14H21ClN2. The largest absolute Gasteiger partial charge is 0.371 e. The van der Waals surface area contributed by atoms with Crippen LogP contribution in [0.1, 0.15) is 32.3 Å². The number of benzene rings is 1. The third-order valence-electron chi connectivity index (χ3n) is 3.50. The zero-order valence-electron chi connectivity index (χ0n) is 10.7. The first-order valence-electron chi connectivity index (χ1n) is 6.25. The summed E-state index contributed by atoms with van der Waals surface area (Å²) in [5.41, 5.74) is 8.60. The van der Waals surface area contributed by atoms with Gasteiger partial charge in [0, 0.05) is 30.3 Å². The van der Waals surface area contributed by atoms with Crippen LogP contribution in [0.3, 0.4) is 0 Å². The molecule has 0 aromatic heterocycles. The molecule has 1 saturated heterocycles. The van der Waals surface area contributed by atoms with Crippen LogP contribution >= 0.6 is 11.6 Å². The van der Waals surface area contributed by atoms with Gasteiger partial charge in [0.15, 0.2) is 0 Å². The van der Waals surface area contributed by atoms with Crippen molar-refractivity contribution < 1.29 is 0 Å². The molecule has 1 heterocycles. The van der Waals surface area contributed by atoms with E-state index in [1.807, 2.05) is 12.1 Å². The van der Waals surface area contributed by atoms with Crippen molar-refractivity contribution in [2.45, 2.75) is 33.2 Å². The molecule has 1 aliphatic rings. The Bertz CT molecular complexity index is 401. The Labute approximate surface area is 109 Å². The average Bonchev–Trinajstić information content (AvgIpc) is 2.27. The van der Waals surface area contributed by atoms with Crippen LogP contribution in [0.4, 0.5) is 5.69 Å². The predicted octanol–water partition coefficient (Wildman–Crippen LogP) is 3.43. The van der Waals surface area contributed by atoms with Gasteiger partial charge in [0.2, 0.25) is 0 Å². The maximum atomic E-state index is 6.02. The Morgan fingerprint density at radius 1 is 1.41 bits per heavy atom. The molecule has 0 atom stereocenters. The fraction of sp³-hybridized carbons (Fsp3) is 0.571. The lowest BCUT2D eigenvalue weighted by atomic mass is 9.84. The summed E-state index contributed by atoms with van der Waals surface area (Å²) in [6, 6.07) is 6.04. The molecule has 94 valence electrons. The summed E-state index contributed by atoms with van der Waals surface area (Å²) in [4.78, 5) is 2.45. The van der Waals surface area contributed by atoms with Crippen LogP contribution in [0.5, 0.6) is 0 Å². The van der Waals surface area contributed by atoms with Crippen molar-refractivity contribution in [3.05, 3.63) is 28.8 Å². The Morgan fingerprint density at radius 2 is 2.18 bits per heavy atom. The van der Waals surface area contributed by atoms with Crippen LogP contribution in [-0.2, 0) is 6.54 Å². The van der Waals surface area contributed by atoms with E-state index in [0.717, 1.165) is 23.7 Å². The number of rotatable bonds is 2. The molecule has 1 aliphatic heterocycles. The molecule has 1 fully saturated rings. The van der Waals surface area contributed by atoms with Gasteiger partial charge in [0.25, 0.3) is 0 Å². The van der Waals surface area contributed by atoms with E-state index in [1.54, 1.807) is 0 Å². The van der Waals surface area contributed by atoms with Crippen LogP contribution in [0.15, 0.2) is 18.2 Å². The quantitative estimate of drug-likeness (QED) is 0.874. The monoisotopic (exact) mass is 252 g/mol. The summed E-state index contributed by atoms with van der Waals surface area (Å²) in [7, 11) is 0. The second-order valence-electron chi connectivity index (χ2n) is 5.67. The number of nitrogens with zero attached hydrogens (tertiary/aromatic N) is 1. The fourth-order valence-corrected chi connectivity index (χ4v) is 2.85. The number of hydrogen-bond acceptors (Lipinski definition) is 2. The first-order chi connectivity index (χ1) is 8.02. The van der Waals surface area contributed by atoms with Gasteiger partial charge in [-0.05, 0) is 42.0 Å². The Morgan fingerprint density at radius 3 is 2.82 bits per heavy atom. The Kier molecular flexibility index (Phi) is 3.64. The van der Waals surface area contributed by atoms with E-state index in [9.17, 15) is 0 Å². The summed E-state index contributed by atoms with van der Waals surface area (Å²) in [6.07, 6.45) is 2.55. The summed E-state index contributed by atoms with van der Waals surface area (Å²) < 4.78 is 0. The highest BCUT2D eigenvalue weighted by atomic mass is 35.5. The lowest BCUT2D eigenvalue weighted by Crippen LogP contribution is -2.40. The van der Waals surface area contributed by atoms with E-state index in [4.69, 9.17) is 17.3 Å². The van der Waals surface area contributed by atoms with Gasteiger partial charge in [0.05, 0.1) is 0 Å². The van der Waals surface area contributed by atoms with Crippen molar-refractivity contribution in [3.63, 3.8) is 0 Å². The van der Waals surface area contributed by atoms with Gasteiger partial charge in [-0.2, -0.15) is 0 Å². The molecule has 17 heavy (non-hydrogen) atoms. The number of halogens is 1. The average molecular weight is 253 g/mol. The number of anilines is 1. The third-order valence-corrected chi connectivity index (χ3v) is 3.74. The van der Waals surface area contributed by atoms with Gasteiger partial charge in [-0.1, -0.05) is 25.4 Å². The lowest BCUT2D eigenvalue weighted by Gasteiger charge is -2.40. The van der Waals surface area contributed by atoms with Gasteiger partial charge < -0.3 is 10.6 Å². The first-order valence-corrected chi connectivity index (χ1v) is 6.63. The minimum Gasteiger partial charge on any atom is -0.371 e. The van der Waals surface area contributed by atoms with E-state index >= 15 is 0 Å². The maximum Gasteiger partial charge on any atom is 0.0412 e. The maximum absolute atomic E-state index is 6.02. The molecule has 0 bridgehead atoms. The number of nitrogens with two attached hydrogens (primary N) is 1. The third kappa shape index (κ3) is 2.93. The molecule has 0 saturated carbocycles. The Balaban J connectivity index is 2.27. The zero-order valence-corrected chi connectivity index (χ0v) is 11.4. The smallest absolute Gasteiger partial charge is 0.0412 e. The van der Waals surface area contributed by atoms with Gasteiger partial charge in [-0.3, -0.25) is 0 Å². The standard InChI is InChI=1S/C14H21ClN2/c1-14(2)6-3-7-17(10-14)13-5-4-12(15)8-11(13)9-16/h4-5,8H,3,6-7,9-10,16H2,1-2H3. The van der Waals surface area contributed by atoms with Crippen molar-refractivity contribution in [2.24, 2.45) is 11.1 Å².